The molecule has 0 unspecified atom stereocenters. The van der Waals surface area contributed by atoms with Gasteiger partial charge in [0.05, 0.1) is 17.0 Å². The molecule has 0 aliphatic carbocycles. The second kappa shape index (κ2) is 4.33. The molecule has 1 fully saturated rings. The lowest BCUT2D eigenvalue weighted by Gasteiger charge is -2.35. The van der Waals surface area contributed by atoms with Crippen LogP contribution in [0.15, 0.2) is 22.7 Å². The lowest BCUT2D eigenvalue weighted by Crippen LogP contribution is -2.52. The van der Waals surface area contributed by atoms with Gasteiger partial charge in [-0.15, -0.1) is 0 Å². The molecule has 3 nitrogen and oxygen atoms in total. The molecule has 1 heterocycles. The summed E-state index contributed by atoms with van der Waals surface area (Å²) >= 11 is 3.27. The number of hydrogen-bond donors (Lipinski definition) is 1. The molecule has 17 heavy (non-hydrogen) atoms. The minimum absolute atomic E-state index is 0.0760. The van der Waals surface area contributed by atoms with Gasteiger partial charge >= 0.3 is 0 Å². The van der Waals surface area contributed by atoms with E-state index in [0.717, 1.165) is 4.47 Å². The minimum Gasteiger partial charge on any atom is -0.306 e. The molecule has 1 N–H and O–H groups in total. The smallest absolute Gasteiger partial charge is 0.153 e. The highest BCUT2D eigenvalue weighted by Crippen LogP contribution is 2.30. The monoisotopic (exact) mass is 321 g/mol. The number of sulfone groups is 1. The van der Waals surface area contributed by atoms with E-state index in [1.54, 1.807) is 19.1 Å². The molecule has 1 aromatic carbocycles. The normalized spacial score (nSPS) is 27.9. The van der Waals surface area contributed by atoms with Crippen LogP contribution >= 0.6 is 15.9 Å². The van der Waals surface area contributed by atoms with Crippen LogP contribution in [0.1, 0.15) is 12.5 Å². The molecular formula is C11H13BrFNO2S. The fourth-order valence-electron chi connectivity index (χ4n) is 2.14. The first-order chi connectivity index (χ1) is 7.82. The maximum Gasteiger partial charge on any atom is 0.153 e. The van der Waals surface area contributed by atoms with E-state index in [4.69, 9.17) is 0 Å². The zero-order valence-electron chi connectivity index (χ0n) is 9.33. The Morgan fingerprint density at radius 1 is 1.47 bits per heavy atom. The quantitative estimate of drug-likeness (QED) is 0.858. The van der Waals surface area contributed by atoms with Gasteiger partial charge in [-0.2, -0.15) is 0 Å². The van der Waals surface area contributed by atoms with Crippen LogP contribution in [0.5, 0.6) is 0 Å². The number of nitrogens with one attached hydrogen (secondary N) is 1. The predicted molar refractivity (Wildman–Crippen MR) is 68.1 cm³/mol. The molecule has 1 atom stereocenters. The molecule has 1 aromatic rings. The molecule has 2 rings (SSSR count). The Kier molecular flexibility index (Phi) is 3.31. The molecular weight excluding hydrogens is 309 g/mol. The number of hydrogen-bond acceptors (Lipinski definition) is 3. The Morgan fingerprint density at radius 3 is 2.82 bits per heavy atom. The van der Waals surface area contributed by atoms with Gasteiger partial charge in [-0.25, -0.2) is 12.8 Å². The van der Waals surface area contributed by atoms with Gasteiger partial charge < -0.3 is 5.32 Å². The Morgan fingerprint density at radius 2 is 2.18 bits per heavy atom. The fraction of sp³-hybridized carbons (Fsp3) is 0.455. The third kappa shape index (κ3) is 2.69. The Labute approximate surface area is 108 Å². The van der Waals surface area contributed by atoms with Crippen molar-refractivity contribution in [3.8, 4) is 0 Å². The first kappa shape index (κ1) is 13.0. The lowest BCUT2D eigenvalue weighted by molar-refractivity contribution is 0.381. The van der Waals surface area contributed by atoms with Crippen molar-refractivity contribution in [1.29, 1.82) is 0 Å². The lowest BCUT2D eigenvalue weighted by atomic mass is 9.93. The summed E-state index contributed by atoms with van der Waals surface area (Å²) in [5.74, 6) is -0.355. The van der Waals surface area contributed by atoms with Gasteiger partial charge in [-0.3, -0.25) is 0 Å². The first-order valence-electron chi connectivity index (χ1n) is 5.23. The van der Waals surface area contributed by atoms with Crippen molar-refractivity contribution in [2.75, 3.05) is 18.1 Å². The standard InChI is InChI=1S/C11H13BrFNO2S/c1-11(7-17(15,16)5-4-14-11)9-6-8(12)2-3-10(9)13/h2-3,6,14H,4-5,7H2,1H3/t11-/m0/s1. The molecule has 1 aliphatic rings. The summed E-state index contributed by atoms with van der Waals surface area (Å²) in [6.07, 6.45) is 0. The fourth-order valence-corrected chi connectivity index (χ4v) is 4.19. The van der Waals surface area contributed by atoms with Crippen molar-refractivity contribution in [2.24, 2.45) is 0 Å². The van der Waals surface area contributed by atoms with Crippen molar-refractivity contribution in [1.82, 2.24) is 5.32 Å². The van der Waals surface area contributed by atoms with Crippen LogP contribution < -0.4 is 5.32 Å². The van der Waals surface area contributed by atoms with Crippen molar-refractivity contribution in [3.63, 3.8) is 0 Å². The second-order valence-corrected chi connectivity index (χ2v) is 7.57. The summed E-state index contributed by atoms with van der Waals surface area (Å²) in [4.78, 5) is 0. The van der Waals surface area contributed by atoms with E-state index in [9.17, 15) is 12.8 Å². The zero-order valence-corrected chi connectivity index (χ0v) is 11.7. The second-order valence-electron chi connectivity index (χ2n) is 4.48. The molecule has 0 bridgehead atoms. The van der Waals surface area contributed by atoms with Crippen molar-refractivity contribution in [2.45, 2.75) is 12.5 Å². The zero-order chi connectivity index (χ0) is 12.7. The summed E-state index contributed by atoms with van der Waals surface area (Å²) in [6, 6.07) is 4.57. The van der Waals surface area contributed by atoms with E-state index >= 15 is 0 Å². The average Bonchev–Trinajstić information content (AvgIpc) is 2.19. The van der Waals surface area contributed by atoms with Gasteiger partial charge in [0.15, 0.2) is 9.84 Å². The van der Waals surface area contributed by atoms with Gasteiger partial charge in [-0.05, 0) is 25.1 Å². The van der Waals surface area contributed by atoms with Crippen LogP contribution in [0.3, 0.4) is 0 Å². The van der Waals surface area contributed by atoms with Crippen molar-refractivity contribution >= 4 is 25.8 Å². The van der Waals surface area contributed by atoms with Gasteiger partial charge in [0.1, 0.15) is 5.82 Å². The third-order valence-electron chi connectivity index (χ3n) is 2.96. The highest BCUT2D eigenvalue weighted by molar-refractivity contribution is 9.10. The van der Waals surface area contributed by atoms with E-state index in [-0.39, 0.29) is 17.3 Å². The van der Waals surface area contributed by atoms with E-state index in [2.05, 4.69) is 21.2 Å². The summed E-state index contributed by atoms with van der Waals surface area (Å²) in [7, 11) is -3.11. The van der Waals surface area contributed by atoms with Crippen LogP contribution in [0.4, 0.5) is 4.39 Å². The van der Waals surface area contributed by atoms with Crippen LogP contribution in [-0.2, 0) is 15.4 Å². The maximum atomic E-state index is 13.8. The first-order valence-corrected chi connectivity index (χ1v) is 7.85. The molecule has 1 aliphatic heterocycles. The van der Waals surface area contributed by atoms with Crippen LogP contribution in [0.25, 0.3) is 0 Å². The van der Waals surface area contributed by atoms with E-state index in [0.29, 0.717) is 12.1 Å². The van der Waals surface area contributed by atoms with Gasteiger partial charge in [0, 0.05) is 16.6 Å². The van der Waals surface area contributed by atoms with E-state index in [1.165, 1.54) is 6.07 Å². The number of halogens is 2. The molecule has 1 saturated heterocycles. The highest BCUT2D eigenvalue weighted by atomic mass is 79.9. The average molecular weight is 322 g/mol. The maximum absolute atomic E-state index is 13.8. The molecule has 0 radical (unpaired) electrons. The summed E-state index contributed by atoms with van der Waals surface area (Å²) in [5, 5.41) is 3.10. The largest absolute Gasteiger partial charge is 0.306 e. The molecule has 0 spiro atoms. The molecule has 0 aromatic heterocycles. The van der Waals surface area contributed by atoms with Gasteiger partial charge in [0.2, 0.25) is 0 Å². The number of rotatable bonds is 1. The van der Waals surface area contributed by atoms with Gasteiger partial charge in [-0.1, -0.05) is 15.9 Å². The number of benzene rings is 1. The Bertz CT molecular complexity index is 546. The minimum atomic E-state index is -3.11. The van der Waals surface area contributed by atoms with E-state index < -0.39 is 15.4 Å². The summed E-state index contributed by atoms with van der Waals surface area (Å²) < 4.78 is 37.9. The molecule has 6 heteroatoms. The van der Waals surface area contributed by atoms with Gasteiger partial charge in [0.25, 0.3) is 0 Å². The van der Waals surface area contributed by atoms with Crippen LogP contribution in [0, 0.1) is 5.82 Å². The Balaban J connectivity index is 2.47. The predicted octanol–water partition coefficient (Wildman–Crippen LogP) is 1.82. The Hall–Kier alpha value is -0.460. The van der Waals surface area contributed by atoms with E-state index in [1.807, 2.05) is 0 Å². The summed E-state index contributed by atoms with van der Waals surface area (Å²) in [6.45, 7) is 2.07. The van der Waals surface area contributed by atoms with Crippen molar-refractivity contribution in [3.05, 3.63) is 34.1 Å². The third-order valence-corrected chi connectivity index (χ3v) is 5.30. The van der Waals surface area contributed by atoms with Crippen molar-refractivity contribution < 1.29 is 12.8 Å². The topological polar surface area (TPSA) is 46.2 Å². The molecule has 0 saturated carbocycles. The molecule has 0 amide bonds. The molecule has 94 valence electrons. The van der Waals surface area contributed by atoms with Crippen LogP contribution in [-0.4, -0.2) is 26.5 Å². The summed E-state index contributed by atoms with van der Waals surface area (Å²) in [5.41, 5.74) is -0.472. The SMILES string of the molecule is C[C@@]1(c2cc(Br)ccc2F)CS(=O)(=O)CCN1. The highest BCUT2D eigenvalue weighted by Gasteiger charge is 2.37. The van der Waals surface area contributed by atoms with Crippen LogP contribution in [0.2, 0.25) is 0 Å².